The number of carbonyl (C=O) groups is 1. The molecule has 0 bridgehead atoms. The molecule has 2 unspecified atom stereocenters. The van der Waals surface area contributed by atoms with Gasteiger partial charge in [0.2, 0.25) is 5.91 Å². The number of hydrogen-bond acceptors (Lipinski definition) is 4. The summed E-state index contributed by atoms with van der Waals surface area (Å²) in [7, 11) is -1.30. The maximum Gasteiger partial charge on any atom is 0.225 e. The van der Waals surface area contributed by atoms with E-state index in [9.17, 15) is 13.2 Å². The molecule has 1 aliphatic heterocycles. The van der Waals surface area contributed by atoms with Crippen LogP contribution in [-0.4, -0.2) is 56.9 Å². The third-order valence-corrected chi connectivity index (χ3v) is 6.40. The van der Waals surface area contributed by atoms with Crippen LogP contribution in [-0.2, 0) is 14.6 Å². The van der Waals surface area contributed by atoms with Crippen molar-refractivity contribution in [3.05, 3.63) is 0 Å². The minimum Gasteiger partial charge on any atom is -0.341 e. The summed E-state index contributed by atoms with van der Waals surface area (Å²) in [5.74, 6) is 0.190. The lowest BCUT2D eigenvalue weighted by atomic mass is 9.91. The number of carbonyl (C=O) groups excluding carboxylic acids is 1. The second-order valence-electron chi connectivity index (χ2n) is 6.19. The molecular weight excluding hydrogens is 276 g/mol. The Hall–Kier alpha value is -0.620. The van der Waals surface area contributed by atoms with Crippen LogP contribution in [0.5, 0.6) is 0 Å². The first-order valence-corrected chi connectivity index (χ1v) is 9.53. The molecule has 0 aromatic rings. The van der Waals surface area contributed by atoms with Crippen molar-refractivity contribution < 1.29 is 13.2 Å². The van der Waals surface area contributed by atoms with Crippen LogP contribution >= 0.6 is 0 Å². The van der Waals surface area contributed by atoms with E-state index in [0.29, 0.717) is 6.42 Å². The molecule has 2 rings (SSSR count). The van der Waals surface area contributed by atoms with E-state index in [1.54, 1.807) is 11.9 Å². The number of hydrogen-bond donors (Lipinski definition) is 1. The minimum absolute atomic E-state index is 0.0587. The first kappa shape index (κ1) is 15.8. The van der Waals surface area contributed by atoms with Gasteiger partial charge < -0.3 is 10.2 Å². The smallest absolute Gasteiger partial charge is 0.225 e. The molecule has 1 N–H and O–H groups in total. The molecule has 1 aliphatic carbocycles. The molecule has 0 spiro atoms. The van der Waals surface area contributed by atoms with Crippen molar-refractivity contribution in [3.63, 3.8) is 0 Å². The van der Waals surface area contributed by atoms with E-state index in [1.165, 1.54) is 6.26 Å². The highest BCUT2D eigenvalue weighted by atomic mass is 32.2. The molecule has 1 heterocycles. The predicted octanol–water partition coefficient (Wildman–Crippen LogP) is 0.800. The Morgan fingerprint density at radius 2 is 1.70 bits per heavy atom. The summed E-state index contributed by atoms with van der Waals surface area (Å²) in [5.41, 5.74) is 0. The van der Waals surface area contributed by atoms with Gasteiger partial charge >= 0.3 is 0 Å². The van der Waals surface area contributed by atoms with Gasteiger partial charge in [-0.2, -0.15) is 0 Å². The van der Waals surface area contributed by atoms with E-state index in [-0.39, 0.29) is 23.1 Å². The third kappa shape index (κ3) is 3.52. The molecule has 0 aromatic heterocycles. The largest absolute Gasteiger partial charge is 0.341 e. The van der Waals surface area contributed by atoms with Crippen LogP contribution in [0.25, 0.3) is 0 Å². The first-order chi connectivity index (χ1) is 9.41. The molecule has 5 nitrogen and oxygen atoms in total. The fourth-order valence-electron chi connectivity index (χ4n) is 3.54. The van der Waals surface area contributed by atoms with Gasteiger partial charge in [-0.05, 0) is 38.8 Å². The van der Waals surface area contributed by atoms with Gasteiger partial charge in [0, 0.05) is 25.3 Å². The Kier molecular flexibility index (Phi) is 5.07. The quantitative estimate of drug-likeness (QED) is 0.837. The average Bonchev–Trinajstić information content (AvgIpc) is 2.46. The van der Waals surface area contributed by atoms with Crippen molar-refractivity contribution in [1.82, 2.24) is 10.2 Å². The van der Waals surface area contributed by atoms with Crippen molar-refractivity contribution >= 4 is 15.7 Å². The van der Waals surface area contributed by atoms with Gasteiger partial charge in [0.05, 0.1) is 5.25 Å². The highest BCUT2D eigenvalue weighted by Crippen LogP contribution is 2.29. The Labute approximate surface area is 122 Å². The van der Waals surface area contributed by atoms with Crippen molar-refractivity contribution in [2.45, 2.75) is 49.8 Å². The van der Waals surface area contributed by atoms with Crippen molar-refractivity contribution in [2.24, 2.45) is 5.92 Å². The van der Waals surface area contributed by atoms with E-state index in [1.807, 2.05) is 0 Å². The highest BCUT2D eigenvalue weighted by Gasteiger charge is 2.38. The first-order valence-electron chi connectivity index (χ1n) is 7.57. The number of amides is 1. The fourth-order valence-corrected chi connectivity index (χ4v) is 5.02. The molecular formula is C14H26N2O3S. The monoisotopic (exact) mass is 302 g/mol. The summed E-state index contributed by atoms with van der Waals surface area (Å²) in [6, 6.07) is -0.138. The zero-order valence-electron chi connectivity index (χ0n) is 12.5. The van der Waals surface area contributed by atoms with Crippen LogP contribution in [0.3, 0.4) is 0 Å². The molecule has 116 valence electrons. The van der Waals surface area contributed by atoms with Gasteiger partial charge in [0.15, 0.2) is 9.84 Å². The molecule has 20 heavy (non-hydrogen) atoms. The average molecular weight is 302 g/mol. The second-order valence-corrected chi connectivity index (χ2v) is 8.46. The number of rotatable bonds is 3. The van der Waals surface area contributed by atoms with Gasteiger partial charge in [0.25, 0.3) is 0 Å². The summed E-state index contributed by atoms with van der Waals surface area (Å²) in [6.07, 6.45) is 6.49. The molecule has 1 saturated carbocycles. The molecule has 1 saturated heterocycles. The number of sulfone groups is 1. The molecule has 0 aromatic carbocycles. The summed E-state index contributed by atoms with van der Waals surface area (Å²) in [6.45, 7) is 1.76. The SMILES string of the molecule is CN(C(=O)C1CCNCC1)C1CCCCC1S(C)(=O)=O. The highest BCUT2D eigenvalue weighted by molar-refractivity contribution is 7.91. The summed E-state index contributed by atoms with van der Waals surface area (Å²) in [4.78, 5) is 14.3. The summed E-state index contributed by atoms with van der Waals surface area (Å²) < 4.78 is 23.9. The standard InChI is InChI=1S/C14H26N2O3S/c1-16(14(17)11-7-9-15-10-8-11)12-5-3-4-6-13(12)20(2,18)19/h11-13,15H,3-10H2,1-2H3. The Morgan fingerprint density at radius 3 is 2.30 bits per heavy atom. The van der Waals surface area contributed by atoms with Gasteiger partial charge in [-0.15, -0.1) is 0 Å². The van der Waals surface area contributed by atoms with Crippen molar-refractivity contribution in [1.29, 1.82) is 0 Å². The lowest BCUT2D eigenvalue weighted by molar-refractivity contribution is -0.137. The number of nitrogens with zero attached hydrogens (tertiary/aromatic N) is 1. The molecule has 1 amide bonds. The van der Waals surface area contributed by atoms with Crippen LogP contribution in [0, 0.1) is 5.92 Å². The molecule has 6 heteroatoms. The van der Waals surface area contributed by atoms with Crippen LogP contribution in [0.4, 0.5) is 0 Å². The fraction of sp³-hybridized carbons (Fsp3) is 0.929. The second kappa shape index (κ2) is 6.43. The molecule has 2 atom stereocenters. The van der Waals surface area contributed by atoms with Gasteiger partial charge in [-0.3, -0.25) is 4.79 Å². The zero-order valence-corrected chi connectivity index (χ0v) is 13.3. The lowest BCUT2D eigenvalue weighted by Crippen LogP contribution is -2.51. The van der Waals surface area contributed by atoms with Gasteiger partial charge in [0.1, 0.15) is 0 Å². The topological polar surface area (TPSA) is 66.5 Å². The minimum atomic E-state index is -3.09. The number of piperidine rings is 1. The summed E-state index contributed by atoms with van der Waals surface area (Å²) in [5, 5.41) is 2.87. The van der Waals surface area contributed by atoms with Gasteiger partial charge in [-0.25, -0.2) is 8.42 Å². The number of nitrogens with one attached hydrogen (secondary N) is 1. The molecule has 2 fully saturated rings. The maximum absolute atomic E-state index is 12.6. The van der Waals surface area contributed by atoms with Crippen LogP contribution < -0.4 is 5.32 Å². The van der Waals surface area contributed by atoms with Crippen molar-refractivity contribution in [2.75, 3.05) is 26.4 Å². The third-order valence-electron chi connectivity index (χ3n) is 4.75. The Morgan fingerprint density at radius 1 is 1.10 bits per heavy atom. The van der Waals surface area contributed by atoms with Crippen LogP contribution in [0.15, 0.2) is 0 Å². The van der Waals surface area contributed by atoms with E-state index in [2.05, 4.69) is 5.32 Å². The summed E-state index contributed by atoms with van der Waals surface area (Å²) >= 11 is 0. The Bertz CT molecular complexity index is 443. The molecule has 0 radical (unpaired) electrons. The van der Waals surface area contributed by atoms with Crippen molar-refractivity contribution in [3.8, 4) is 0 Å². The molecule has 2 aliphatic rings. The Balaban J connectivity index is 2.08. The normalized spacial score (nSPS) is 29.1. The van der Waals surface area contributed by atoms with Gasteiger partial charge in [-0.1, -0.05) is 12.8 Å². The van der Waals surface area contributed by atoms with E-state index >= 15 is 0 Å². The lowest BCUT2D eigenvalue weighted by Gasteiger charge is -2.39. The van der Waals surface area contributed by atoms with E-state index in [0.717, 1.165) is 45.2 Å². The van der Waals surface area contributed by atoms with Crippen LogP contribution in [0.1, 0.15) is 38.5 Å². The van der Waals surface area contributed by atoms with Crippen LogP contribution in [0.2, 0.25) is 0 Å². The van der Waals surface area contributed by atoms with E-state index < -0.39 is 9.84 Å². The van der Waals surface area contributed by atoms with E-state index in [4.69, 9.17) is 0 Å². The zero-order chi connectivity index (χ0) is 14.8. The predicted molar refractivity (Wildman–Crippen MR) is 79.3 cm³/mol. The maximum atomic E-state index is 12.6.